The normalized spacial score (nSPS) is 10.2. The van der Waals surface area contributed by atoms with Crippen molar-refractivity contribution in [3.05, 3.63) is 46.3 Å². The fourth-order valence-corrected chi connectivity index (χ4v) is 2.39. The van der Waals surface area contributed by atoms with Gasteiger partial charge in [0.15, 0.2) is 0 Å². The van der Waals surface area contributed by atoms with Crippen molar-refractivity contribution in [2.75, 3.05) is 30.4 Å². The Hall–Kier alpha value is -3.23. The smallest absolute Gasteiger partial charge is 0.353 e. The van der Waals surface area contributed by atoms with E-state index in [1.54, 1.807) is 29.2 Å². The van der Waals surface area contributed by atoms with Gasteiger partial charge in [0.1, 0.15) is 6.33 Å². The van der Waals surface area contributed by atoms with Gasteiger partial charge in [-0.25, -0.2) is 14.8 Å². The predicted molar refractivity (Wildman–Crippen MR) is 93.3 cm³/mol. The summed E-state index contributed by atoms with van der Waals surface area (Å²) in [4.78, 5) is 32.8. The van der Waals surface area contributed by atoms with Gasteiger partial charge < -0.3 is 15.0 Å². The largest absolute Gasteiger partial charge is 0.465 e. The molecule has 0 spiro atoms. The molecule has 0 aliphatic carbocycles. The third-order valence-corrected chi connectivity index (χ3v) is 3.63. The summed E-state index contributed by atoms with van der Waals surface area (Å²) in [6.07, 6.45) is 1.25. The van der Waals surface area contributed by atoms with Crippen LogP contribution in [0.2, 0.25) is 0 Å². The van der Waals surface area contributed by atoms with Gasteiger partial charge in [0.25, 0.3) is 0 Å². The van der Waals surface area contributed by atoms with E-state index in [1.807, 2.05) is 13.8 Å². The zero-order chi connectivity index (χ0) is 18.4. The van der Waals surface area contributed by atoms with Crippen molar-refractivity contribution < 1.29 is 14.5 Å². The number of hydrogen-bond donors (Lipinski definition) is 1. The second kappa shape index (κ2) is 8.04. The number of nitrogens with zero attached hydrogens (tertiary/aromatic N) is 4. The molecular weight excluding hydrogens is 326 g/mol. The van der Waals surface area contributed by atoms with Gasteiger partial charge in [-0.2, -0.15) is 0 Å². The summed E-state index contributed by atoms with van der Waals surface area (Å²) in [7, 11) is 1.27. The summed E-state index contributed by atoms with van der Waals surface area (Å²) in [5.41, 5.74) is 0.370. The molecule has 1 N–H and O–H groups in total. The Kier molecular flexibility index (Phi) is 5.83. The molecule has 25 heavy (non-hydrogen) atoms. The van der Waals surface area contributed by atoms with E-state index in [9.17, 15) is 14.9 Å². The molecule has 0 atom stereocenters. The zero-order valence-electron chi connectivity index (χ0n) is 14.2. The molecule has 2 aromatic rings. The van der Waals surface area contributed by atoms with Gasteiger partial charge in [-0.1, -0.05) is 12.1 Å². The fraction of sp³-hybridized carbons (Fsp3) is 0.312. The number of carbonyl (C=O) groups is 1. The first-order chi connectivity index (χ1) is 12.0. The Balaban J connectivity index is 2.53. The average Bonchev–Trinajstić information content (AvgIpc) is 2.62. The number of rotatable bonds is 7. The molecule has 1 aromatic carbocycles. The quantitative estimate of drug-likeness (QED) is 0.463. The molecule has 0 bridgehead atoms. The van der Waals surface area contributed by atoms with Crippen LogP contribution in [0.15, 0.2) is 30.6 Å². The maximum Gasteiger partial charge on any atom is 0.353 e. The highest BCUT2D eigenvalue weighted by Crippen LogP contribution is 2.34. The zero-order valence-corrected chi connectivity index (χ0v) is 14.2. The highest BCUT2D eigenvalue weighted by Gasteiger charge is 2.26. The Morgan fingerprint density at radius 3 is 2.56 bits per heavy atom. The monoisotopic (exact) mass is 345 g/mol. The van der Waals surface area contributed by atoms with Crippen LogP contribution in [0, 0.1) is 10.1 Å². The summed E-state index contributed by atoms with van der Waals surface area (Å²) in [5.74, 6) is -0.315. The third kappa shape index (κ3) is 3.82. The van der Waals surface area contributed by atoms with E-state index in [4.69, 9.17) is 4.74 Å². The molecule has 9 heteroatoms. The Morgan fingerprint density at radius 2 is 1.96 bits per heavy atom. The van der Waals surface area contributed by atoms with Crippen molar-refractivity contribution in [1.82, 2.24) is 9.97 Å². The molecule has 2 rings (SSSR count). The van der Waals surface area contributed by atoms with Gasteiger partial charge in [-0.05, 0) is 26.0 Å². The lowest BCUT2D eigenvalue weighted by molar-refractivity contribution is -0.383. The lowest BCUT2D eigenvalue weighted by Gasteiger charge is -2.20. The molecule has 0 aliphatic rings. The minimum atomic E-state index is -0.552. The highest BCUT2D eigenvalue weighted by atomic mass is 16.6. The van der Waals surface area contributed by atoms with Crippen molar-refractivity contribution in [2.24, 2.45) is 0 Å². The maximum atomic E-state index is 11.9. The Bertz CT molecular complexity index is 777. The summed E-state index contributed by atoms with van der Waals surface area (Å²) in [5, 5.41) is 14.5. The molecular formula is C16H19N5O4. The van der Waals surface area contributed by atoms with Gasteiger partial charge in [0, 0.05) is 13.1 Å². The van der Waals surface area contributed by atoms with E-state index in [-0.39, 0.29) is 22.9 Å². The molecule has 0 fully saturated rings. The van der Waals surface area contributed by atoms with Crippen LogP contribution < -0.4 is 10.2 Å². The van der Waals surface area contributed by atoms with Crippen molar-refractivity contribution in [2.45, 2.75) is 13.8 Å². The van der Waals surface area contributed by atoms with Crippen LogP contribution in [0.1, 0.15) is 24.2 Å². The molecule has 1 aromatic heterocycles. The lowest BCUT2D eigenvalue weighted by Crippen LogP contribution is -2.24. The van der Waals surface area contributed by atoms with Gasteiger partial charge >= 0.3 is 11.7 Å². The number of methoxy groups -OCH3 is 1. The van der Waals surface area contributed by atoms with E-state index in [1.165, 1.54) is 13.4 Å². The molecule has 0 unspecified atom stereocenters. The molecule has 132 valence electrons. The lowest BCUT2D eigenvalue weighted by atomic mass is 10.2. The summed E-state index contributed by atoms with van der Waals surface area (Å²) in [6.45, 7) is 4.89. The van der Waals surface area contributed by atoms with Crippen LogP contribution in [0.25, 0.3) is 0 Å². The SMILES string of the molecule is CCN(CC)c1ncnc(Nc2ccccc2C(=O)OC)c1[N+](=O)[O-]. The number of anilines is 3. The summed E-state index contributed by atoms with van der Waals surface area (Å²) in [6, 6.07) is 6.56. The number of nitro groups is 1. The second-order valence-corrected chi connectivity index (χ2v) is 4.99. The number of ether oxygens (including phenoxy) is 1. The van der Waals surface area contributed by atoms with Crippen LogP contribution in [0.3, 0.4) is 0 Å². The number of para-hydroxylation sites is 1. The van der Waals surface area contributed by atoms with Gasteiger partial charge in [0.05, 0.1) is 23.3 Å². The van der Waals surface area contributed by atoms with E-state index in [0.717, 1.165) is 0 Å². The van der Waals surface area contributed by atoms with Crippen molar-refractivity contribution in [3.8, 4) is 0 Å². The maximum absolute atomic E-state index is 11.9. The molecule has 0 radical (unpaired) electrons. The fourth-order valence-electron chi connectivity index (χ4n) is 2.39. The molecule has 0 saturated heterocycles. The van der Waals surface area contributed by atoms with E-state index >= 15 is 0 Å². The van der Waals surface area contributed by atoms with Crippen LogP contribution >= 0.6 is 0 Å². The van der Waals surface area contributed by atoms with E-state index < -0.39 is 10.9 Å². The van der Waals surface area contributed by atoms with Crippen molar-refractivity contribution in [3.63, 3.8) is 0 Å². The number of hydrogen-bond acceptors (Lipinski definition) is 8. The molecule has 0 amide bonds. The number of carbonyl (C=O) groups excluding carboxylic acids is 1. The van der Waals surface area contributed by atoms with Crippen LogP contribution in [0.5, 0.6) is 0 Å². The first-order valence-electron chi connectivity index (χ1n) is 7.72. The van der Waals surface area contributed by atoms with Crippen molar-refractivity contribution in [1.29, 1.82) is 0 Å². The first kappa shape index (κ1) is 18.1. The predicted octanol–water partition coefficient (Wildman–Crippen LogP) is 2.76. The van der Waals surface area contributed by atoms with Gasteiger partial charge in [-0.3, -0.25) is 10.1 Å². The number of aromatic nitrogens is 2. The van der Waals surface area contributed by atoms with E-state index in [2.05, 4.69) is 15.3 Å². The van der Waals surface area contributed by atoms with Crippen LogP contribution in [-0.4, -0.2) is 41.1 Å². The second-order valence-electron chi connectivity index (χ2n) is 4.99. The summed E-state index contributed by atoms with van der Waals surface area (Å²) < 4.78 is 4.74. The Labute approximate surface area is 144 Å². The topological polar surface area (TPSA) is 110 Å². The number of nitrogens with one attached hydrogen (secondary N) is 1. The highest BCUT2D eigenvalue weighted by molar-refractivity contribution is 5.96. The van der Waals surface area contributed by atoms with E-state index in [0.29, 0.717) is 18.8 Å². The number of esters is 1. The minimum absolute atomic E-state index is 0.0123. The van der Waals surface area contributed by atoms with Crippen molar-refractivity contribution >= 4 is 29.0 Å². The third-order valence-electron chi connectivity index (χ3n) is 3.63. The van der Waals surface area contributed by atoms with Gasteiger partial charge in [0.2, 0.25) is 11.6 Å². The number of benzene rings is 1. The molecule has 0 saturated carbocycles. The standard InChI is InChI=1S/C16H19N5O4/c1-4-20(5-2)15-13(21(23)24)14(17-10-18-15)19-12-9-7-6-8-11(12)16(22)25-3/h6-10H,4-5H2,1-3H3,(H,17,18,19). The Morgan fingerprint density at radius 1 is 1.28 bits per heavy atom. The van der Waals surface area contributed by atoms with Crippen LogP contribution in [0.4, 0.5) is 23.0 Å². The molecule has 0 aliphatic heterocycles. The molecule has 1 heterocycles. The van der Waals surface area contributed by atoms with Gasteiger partial charge in [-0.15, -0.1) is 0 Å². The minimum Gasteiger partial charge on any atom is -0.465 e. The summed E-state index contributed by atoms with van der Waals surface area (Å²) >= 11 is 0. The van der Waals surface area contributed by atoms with Crippen LogP contribution in [-0.2, 0) is 4.74 Å². The first-order valence-corrected chi connectivity index (χ1v) is 7.72. The molecule has 9 nitrogen and oxygen atoms in total. The average molecular weight is 345 g/mol.